The maximum Gasteiger partial charge on any atom is 0.229 e. The Morgan fingerprint density at radius 2 is 1.71 bits per heavy atom. The fraction of sp³-hybridized carbons (Fsp3) is 0.267. The summed E-state index contributed by atoms with van der Waals surface area (Å²) in [4.78, 5) is 29.4. The molecule has 1 saturated heterocycles. The van der Waals surface area contributed by atoms with Crippen LogP contribution in [0.2, 0.25) is 0 Å². The molecule has 5 aromatic rings. The van der Waals surface area contributed by atoms with E-state index in [2.05, 4.69) is 53.8 Å². The van der Waals surface area contributed by atoms with Crippen LogP contribution in [0, 0.1) is 6.92 Å². The Hall–Kier alpha value is -4.47. The first kappa shape index (κ1) is 27.7. The highest BCUT2D eigenvalue weighted by Gasteiger charge is 2.21. The van der Waals surface area contributed by atoms with E-state index >= 15 is 0 Å². The van der Waals surface area contributed by atoms with Crippen LogP contribution in [0.4, 0.5) is 28.8 Å². The molecule has 0 unspecified atom stereocenters. The molecule has 3 aromatic heterocycles. The molecule has 1 aliphatic rings. The first-order chi connectivity index (χ1) is 20.5. The van der Waals surface area contributed by atoms with Crippen molar-refractivity contribution in [3.8, 4) is 16.9 Å². The van der Waals surface area contributed by atoms with Crippen molar-refractivity contribution in [2.45, 2.75) is 6.92 Å². The predicted octanol–water partition coefficient (Wildman–Crippen LogP) is 4.88. The van der Waals surface area contributed by atoms with Crippen LogP contribution in [0.25, 0.3) is 22.2 Å². The number of morpholine rings is 1. The Bertz CT molecular complexity index is 1710. The number of nitrogens with zero attached hydrogens (tertiary/aromatic N) is 7. The van der Waals surface area contributed by atoms with E-state index in [0.29, 0.717) is 30.7 Å². The van der Waals surface area contributed by atoms with Gasteiger partial charge in [-0.3, -0.25) is 9.97 Å². The summed E-state index contributed by atoms with van der Waals surface area (Å²) in [6.45, 7) is 9.32. The van der Waals surface area contributed by atoms with Crippen LogP contribution in [0.3, 0.4) is 0 Å². The number of anilines is 5. The van der Waals surface area contributed by atoms with Crippen LogP contribution in [0.15, 0.2) is 61.6 Å². The Balaban J connectivity index is 1.37. The van der Waals surface area contributed by atoms with E-state index in [1.165, 1.54) is 6.33 Å². The lowest BCUT2D eigenvalue weighted by molar-refractivity contribution is 0.122. The van der Waals surface area contributed by atoms with Crippen molar-refractivity contribution in [1.82, 2.24) is 29.9 Å². The maximum absolute atomic E-state index is 5.84. The molecule has 0 bridgehead atoms. The minimum absolute atomic E-state index is 0.438. The van der Waals surface area contributed by atoms with E-state index in [1.54, 1.807) is 25.7 Å². The van der Waals surface area contributed by atoms with Crippen LogP contribution in [0.5, 0.6) is 5.75 Å². The highest BCUT2D eigenvalue weighted by molar-refractivity contribution is 7.65. The Kier molecular flexibility index (Phi) is 8.03. The van der Waals surface area contributed by atoms with Gasteiger partial charge in [0.25, 0.3) is 0 Å². The second kappa shape index (κ2) is 12.2. The molecule has 0 saturated carbocycles. The zero-order chi connectivity index (χ0) is 29.1. The van der Waals surface area contributed by atoms with Crippen molar-refractivity contribution in [3.63, 3.8) is 0 Å². The number of methoxy groups -OCH3 is 1. The van der Waals surface area contributed by atoms with E-state index in [1.807, 2.05) is 43.6 Å². The molecule has 11 nitrogen and oxygen atoms in total. The van der Waals surface area contributed by atoms with E-state index in [4.69, 9.17) is 14.5 Å². The van der Waals surface area contributed by atoms with Gasteiger partial charge in [0.1, 0.15) is 17.9 Å². The smallest absolute Gasteiger partial charge is 0.229 e. The summed E-state index contributed by atoms with van der Waals surface area (Å²) in [5.74, 6) is 1.82. The quantitative estimate of drug-likeness (QED) is 0.244. The average Bonchev–Trinajstić information content (AvgIpc) is 3.03. The van der Waals surface area contributed by atoms with Crippen molar-refractivity contribution >= 4 is 53.1 Å². The largest absolute Gasteiger partial charge is 0.494 e. The second-order valence-electron chi connectivity index (χ2n) is 10.1. The van der Waals surface area contributed by atoms with Crippen molar-refractivity contribution in [1.29, 1.82) is 0 Å². The Labute approximate surface area is 245 Å². The van der Waals surface area contributed by atoms with Gasteiger partial charge in [0.05, 0.1) is 37.0 Å². The molecule has 1 fully saturated rings. The van der Waals surface area contributed by atoms with E-state index < -0.39 is 7.92 Å². The molecule has 214 valence electrons. The van der Waals surface area contributed by atoms with Gasteiger partial charge >= 0.3 is 0 Å². The first-order valence-electron chi connectivity index (χ1n) is 13.6. The summed E-state index contributed by atoms with van der Waals surface area (Å²) < 4.78 is 11.4. The number of aromatic nitrogens is 6. The number of benzene rings is 2. The summed E-state index contributed by atoms with van der Waals surface area (Å²) in [5, 5.41) is 8.10. The number of nitrogens with one attached hydrogen (secondary N) is 2. The van der Waals surface area contributed by atoms with Gasteiger partial charge in [-0.2, -0.15) is 4.98 Å². The summed E-state index contributed by atoms with van der Waals surface area (Å²) in [6, 6.07) is 8.11. The highest BCUT2D eigenvalue weighted by Crippen LogP contribution is 2.40. The first-order valence-corrected chi connectivity index (χ1v) is 15.8. The number of hydrogen-bond donors (Lipinski definition) is 2. The molecule has 12 heteroatoms. The molecule has 6 rings (SSSR count). The minimum Gasteiger partial charge on any atom is -0.494 e. The lowest BCUT2D eigenvalue weighted by Gasteiger charge is -2.31. The normalized spacial score (nSPS) is 13.4. The number of fused-ring (bicyclic) bond motifs is 1. The lowest BCUT2D eigenvalue weighted by Crippen LogP contribution is -2.36. The molecule has 0 radical (unpaired) electrons. The van der Waals surface area contributed by atoms with E-state index in [9.17, 15) is 0 Å². The highest BCUT2D eigenvalue weighted by atomic mass is 31.1. The van der Waals surface area contributed by atoms with Gasteiger partial charge in [-0.25, -0.2) is 15.0 Å². The van der Waals surface area contributed by atoms with Gasteiger partial charge in [-0.05, 0) is 38.5 Å². The van der Waals surface area contributed by atoms with Crippen LogP contribution >= 0.6 is 7.92 Å². The van der Waals surface area contributed by atoms with E-state index in [0.717, 1.165) is 63.2 Å². The van der Waals surface area contributed by atoms with Crippen molar-refractivity contribution in [2.75, 3.05) is 62.3 Å². The molecule has 2 aromatic carbocycles. The average molecular weight is 582 g/mol. The summed E-state index contributed by atoms with van der Waals surface area (Å²) in [6.07, 6.45) is 10.4. The SMILES string of the molecule is COc1cc(N2CCOCC2)c(-c2cncnc2)cc1Nc1ncc(C)c(Nc2ccc3nccnc3c2P(C)C)n1. The standard InChI is InChI=1S/C30H32N9O2P/c1-19-15-35-30(38-29(19)36-23-6-5-22-27(28(23)42(3)4)34-8-7-33-22)37-24-13-21(20-16-31-18-32-17-20)25(14-26(24)40-2)39-9-11-41-12-10-39/h5-8,13-18H,9-12H2,1-4H3,(H2,35,36,37,38). The fourth-order valence-corrected chi connectivity index (χ4v) is 6.23. The van der Waals surface area contributed by atoms with Gasteiger partial charge in [-0.15, -0.1) is 0 Å². The monoisotopic (exact) mass is 581 g/mol. The minimum atomic E-state index is -0.473. The van der Waals surface area contributed by atoms with Gasteiger partial charge in [0, 0.05) is 83.5 Å². The van der Waals surface area contributed by atoms with Gasteiger partial charge in [0.15, 0.2) is 0 Å². The molecular weight excluding hydrogens is 549 g/mol. The summed E-state index contributed by atoms with van der Waals surface area (Å²) >= 11 is 0. The lowest BCUT2D eigenvalue weighted by atomic mass is 10.0. The molecule has 1 aliphatic heterocycles. The molecule has 0 spiro atoms. The number of hydrogen-bond acceptors (Lipinski definition) is 11. The Morgan fingerprint density at radius 1 is 0.929 bits per heavy atom. The summed E-state index contributed by atoms with van der Waals surface area (Å²) in [7, 11) is 1.19. The second-order valence-corrected chi connectivity index (χ2v) is 12.3. The molecule has 4 heterocycles. The molecular formula is C30H32N9O2P. The number of ether oxygens (including phenoxy) is 2. The number of aryl methyl sites for hydroxylation is 1. The summed E-state index contributed by atoms with van der Waals surface area (Å²) in [5.41, 5.74) is 7.31. The van der Waals surface area contributed by atoms with Crippen LogP contribution in [0.1, 0.15) is 5.56 Å². The topological polar surface area (TPSA) is 123 Å². The molecule has 0 atom stereocenters. The predicted molar refractivity (Wildman–Crippen MR) is 168 cm³/mol. The Morgan fingerprint density at radius 3 is 2.48 bits per heavy atom. The van der Waals surface area contributed by atoms with Crippen LogP contribution in [-0.2, 0) is 4.74 Å². The molecule has 0 aliphatic carbocycles. The zero-order valence-electron chi connectivity index (χ0n) is 24.0. The van der Waals surface area contributed by atoms with Gasteiger partial charge in [-0.1, -0.05) is 7.92 Å². The van der Waals surface area contributed by atoms with E-state index in [-0.39, 0.29) is 0 Å². The van der Waals surface area contributed by atoms with Gasteiger partial charge < -0.3 is 25.0 Å². The van der Waals surface area contributed by atoms with Crippen molar-refractivity contribution < 1.29 is 9.47 Å². The van der Waals surface area contributed by atoms with Crippen LogP contribution in [-0.4, -0.2) is 76.6 Å². The number of rotatable bonds is 8. The molecule has 42 heavy (non-hydrogen) atoms. The zero-order valence-corrected chi connectivity index (χ0v) is 24.9. The molecule has 2 N–H and O–H groups in total. The fourth-order valence-electron chi connectivity index (χ4n) is 5.02. The third-order valence-electron chi connectivity index (χ3n) is 7.07. The maximum atomic E-state index is 5.84. The third kappa shape index (κ3) is 5.66. The van der Waals surface area contributed by atoms with Crippen molar-refractivity contribution in [2.24, 2.45) is 0 Å². The van der Waals surface area contributed by atoms with Crippen molar-refractivity contribution in [3.05, 3.63) is 67.1 Å². The third-order valence-corrected chi connectivity index (χ3v) is 8.42. The van der Waals surface area contributed by atoms with Gasteiger partial charge in [0.2, 0.25) is 5.95 Å². The molecule has 0 amide bonds. The van der Waals surface area contributed by atoms with Crippen LogP contribution < -0.4 is 25.6 Å².